The topological polar surface area (TPSA) is 97.0 Å². The summed E-state index contributed by atoms with van der Waals surface area (Å²) in [6.45, 7) is 0.446. The van der Waals surface area contributed by atoms with Crippen molar-refractivity contribution >= 4 is 35.2 Å². The smallest absolute Gasteiger partial charge is 0.242 e. The zero-order valence-electron chi connectivity index (χ0n) is 17.7. The van der Waals surface area contributed by atoms with Crippen LogP contribution in [0.4, 0.5) is 5.69 Å². The Morgan fingerprint density at radius 1 is 1.23 bits per heavy atom. The highest BCUT2D eigenvalue weighted by Gasteiger charge is 2.37. The average Bonchev–Trinajstić information content (AvgIpc) is 3.51. The lowest BCUT2D eigenvalue weighted by molar-refractivity contribution is -0.131. The molecule has 1 aromatic rings. The van der Waals surface area contributed by atoms with Gasteiger partial charge in [0.05, 0.1) is 5.92 Å². The van der Waals surface area contributed by atoms with Gasteiger partial charge in [-0.15, -0.1) is 0 Å². The molecule has 9 heteroatoms. The van der Waals surface area contributed by atoms with Crippen LogP contribution in [0.5, 0.6) is 11.5 Å². The Labute approximate surface area is 186 Å². The first-order valence-electron chi connectivity index (χ1n) is 10.8. The lowest BCUT2D eigenvalue weighted by Gasteiger charge is -2.22. The second-order valence-electron chi connectivity index (χ2n) is 8.28. The summed E-state index contributed by atoms with van der Waals surface area (Å²) in [4.78, 5) is 39.9. The van der Waals surface area contributed by atoms with Crippen molar-refractivity contribution in [3.8, 4) is 11.5 Å². The first-order chi connectivity index (χ1) is 15.0. The molecule has 2 heterocycles. The Morgan fingerprint density at radius 3 is 2.77 bits per heavy atom. The minimum Gasteiger partial charge on any atom is -0.454 e. The van der Waals surface area contributed by atoms with E-state index in [1.165, 1.54) is 0 Å². The number of thioether (sulfide) groups is 1. The van der Waals surface area contributed by atoms with Crippen LogP contribution < -0.4 is 25.0 Å². The van der Waals surface area contributed by atoms with Crippen LogP contribution in [0, 0.1) is 5.92 Å². The van der Waals surface area contributed by atoms with Crippen molar-refractivity contribution < 1.29 is 23.9 Å². The zero-order valence-corrected chi connectivity index (χ0v) is 18.5. The van der Waals surface area contributed by atoms with E-state index in [1.807, 2.05) is 6.26 Å². The van der Waals surface area contributed by atoms with E-state index in [2.05, 4.69) is 10.6 Å². The lowest BCUT2D eigenvalue weighted by atomic mass is 10.1. The van der Waals surface area contributed by atoms with Gasteiger partial charge >= 0.3 is 0 Å². The third-order valence-corrected chi connectivity index (χ3v) is 6.75. The van der Waals surface area contributed by atoms with Gasteiger partial charge in [0.1, 0.15) is 6.04 Å². The Bertz CT molecular complexity index is 842. The summed E-state index contributed by atoms with van der Waals surface area (Å²) < 4.78 is 10.7. The molecule has 1 aromatic carbocycles. The fraction of sp³-hybridized carbons (Fsp3) is 0.591. The van der Waals surface area contributed by atoms with Crippen molar-refractivity contribution in [2.75, 3.05) is 30.2 Å². The molecule has 4 rings (SSSR count). The second kappa shape index (κ2) is 9.80. The van der Waals surface area contributed by atoms with E-state index >= 15 is 0 Å². The third-order valence-electron chi connectivity index (χ3n) is 6.11. The van der Waals surface area contributed by atoms with Crippen LogP contribution in [0.2, 0.25) is 0 Å². The number of ether oxygens (including phenoxy) is 2. The van der Waals surface area contributed by atoms with Crippen molar-refractivity contribution in [3.05, 3.63) is 18.2 Å². The van der Waals surface area contributed by atoms with Gasteiger partial charge in [0.15, 0.2) is 11.5 Å². The maximum absolute atomic E-state index is 12.9. The number of nitrogens with zero attached hydrogens (tertiary/aromatic N) is 1. The van der Waals surface area contributed by atoms with Crippen molar-refractivity contribution in [2.24, 2.45) is 5.92 Å². The van der Waals surface area contributed by atoms with Gasteiger partial charge in [0.2, 0.25) is 24.5 Å². The number of carbonyl (C=O) groups is 3. The van der Waals surface area contributed by atoms with E-state index in [-0.39, 0.29) is 43.5 Å². The summed E-state index contributed by atoms with van der Waals surface area (Å²) in [7, 11) is 0. The van der Waals surface area contributed by atoms with Crippen molar-refractivity contribution in [2.45, 2.75) is 50.6 Å². The molecule has 1 saturated carbocycles. The standard InChI is InChI=1S/C22H29N3O5S/c1-31-9-8-17(22(28)23-15-4-2-3-5-15)24-21(27)14-10-20(26)25(12-14)16-6-7-18-19(11-16)30-13-29-18/h6-7,11,14-15,17H,2-5,8-10,12-13H2,1H3,(H,23,28)(H,24,27). The Morgan fingerprint density at radius 2 is 2.00 bits per heavy atom. The van der Waals surface area contributed by atoms with Crippen LogP contribution in [0.25, 0.3) is 0 Å². The summed E-state index contributed by atoms with van der Waals surface area (Å²) in [6, 6.07) is 4.95. The van der Waals surface area contributed by atoms with Gasteiger partial charge in [-0.3, -0.25) is 14.4 Å². The lowest BCUT2D eigenvalue weighted by Crippen LogP contribution is -2.51. The SMILES string of the molecule is CSCCC(NC(=O)C1CC(=O)N(c2ccc3c(c2)OCO3)C1)C(=O)NC1CCCC1. The number of hydrogen-bond donors (Lipinski definition) is 2. The first-order valence-corrected chi connectivity index (χ1v) is 12.2. The molecule has 168 valence electrons. The largest absolute Gasteiger partial charge is 0.454 e. The normalized spacial score (nSPS) is 21.4. The quantitative estimate of drug-likeness (QED) is 0.633. The van der Waals surface area contributed by atoms with Gasteiger partial charge in [-0.2, -0.15) is 11.8 Å². The number of rotatable bonds is 8. The molecule has 1 aliphatic carbocycles. The van der Waals surface area contributed by atoms with Crippen molar-refractivity contribution in [1.82, 2.24) is 10.6 Å². The van der Waals surface area contributed by atoms with Crippen LogP contribution in [-0.4, -0.2) is 55.2 Å². The maximum atomic E-state index is 12.9. The van der Waals surface area contributed by atoms with E-state index in [0.29, 0.717) is 23.6 Å². The van der Waals surface area contributed by atoms with E-state index < -0.39 is 12.0 Å². The Kier molecular flexibility index (Phi) is 6.89. The van der Waals surface area contributed by atoms with Gasteiger partial charge < -0.3 is 25.0 Å². The number of carbonyl (C=O) groups excluding carboxylic acids is 3. The molecule has 0 bridgehead atoms. The van der Waals surface area contributed by atoms with Gasteiger partial charge in [-0.1, -0.05) is 12.8 Å². The summed E-state index contributed by atoms with van der Waals surface area (Å²) >= 11 is 1.64. The minimum absolute atomic E-state index is 0.116. The van der Waals surface area contributed by atoms with Crippen LogP contribution in [-0.2, 0) is 14.4 Å². The second-order valence-corrected chi connectivity index (χ2v) is 9.26. The molecule has 2 unspecified atom stereocenters. The number of benzene rings is 1. The molecule has 0 spiro atoms. The molecule has 3 aliphatic rings. The van der Waals surface area contributed by atoms with Crippen LogP contribution in [0.3, 0.4) is 0 Å². The van der Waals surface area contributed by atoms with E-state index in [4.69, 9.17) is 9.47 Å². The van der Waals surface area contributed by atoms with E-state index in [0.717, 1.165) is 31.4 Å². The molecule has 0 radical (unpaired) electrons. The van der Waals surface area contributed by atoms with Gasteiger partial charge in [0.25, 0.3) is 0 Å². The highest BCUT2D eigenvalue weighted by atomic mass is 32.2. The summed E-state index contributed by atoms with van der Waals surface area (Å²) in [5.41, 5.74) is 0.683. The fourth-order valence-corrected chi connectivity index (χ4v) is 4.82. The molecule has 31 heavy (non-hydrogen) atoms. The molecular weight excluding hydrogens is 418 g/mol. The zero-order chi connectivity index (χ0) is 21.8. The first kappa shape index (κ1) is 21.8. The van der Waals surface area contributed by atoms with E-state index in [9.17, 15) is 14.4 Å². The minimum atomic E-state index is -0.574. The van der Waals surface area contributed by atoms with Gasteiger partial charge in [0, 0.05) is 30.8 Å². The fourth-order valence-electron chi connectivity index (χ4n) is 4.35. The molecule has 0 aromatic heterocycles. The predicted molar refractivity (Wildman–Crippen MR) is 118 cm³/mol. The monoisotopic (exact) mass is 447 g/mol. The summed E-state index contributed by atoms with van der Waals surface area (Å²) in [5, 5.41) is 6.00. The highest BCUT2D eigenvalue weighted by Crippen LogP contribution is 2.37. The van der Waals surface area contributed by atoms with Crippen LogP contribution in [0.15, 0.2) is 18.2 Å². The molecule has 2 atom stereocenters. The van der Waals surface area contributed by atoms with Crippen LogP contribution >= 0.6 is 11.8 Å². The molecule has 2 fully saturated rings. The summed E-state index contributed by atoms with van der Waals surface area (Å²) in [6.07, 6.45) is 6.93. The Hall–Kier alpha value is -2.42. The number of nitrogens with one attached hydrogen (secondary N) is 2. The number of amides is 3. The van der Waals surface area contributed by atoms with E-state index in [1.54, 1.807) is 34.9 Å². The molecular formula is C22H29N3O5S. The van der Waals surface area contributed by atoms with Crippen molar-refractivity contribution in [1.29, 1.82) is 0 Å². The summed E-state index contributed by atoms with van der Waals surface area (Å²) in [5.74, 6) is 1.05. The molecule has 1 saturated heterocycles. The number of fused-ring (bicyclic) bond motifs is 1. The number of anilines is 1. The average molecular weight is 448 g/mol. The number of hydrogen-bond acceptors (Lipinski definition) is 6. The molecule has 8 nitrogen and oxygen atoms in total. The van der Waals surface area contributed by atoms with Gasteiger partial charge in [-0.25, -0.2) is 0 Å². The maximum Gasteiger partial charge on any atom is 0.242 e. The van der Waals surface area contributed by atoms with Crippen molar-refractivity contribution in [3.63, 3.8) is 0 Å². The molecule has 2 aliphatic heterocycles. The van der Waals surface area contributed by atoms with Crippen LogP contribution in [0.1, 0.15) is 38.5 Å². The predicted octanol–water partition coefficient (Wildman–Crippen LogP) is 2.06. The Balaban J connectivity index is 1.38. The molecule has 3 amide bonds. The van der Waals surface area contributed by atoms with Gasteiger partial charge in [-0.05, 0) is 43.4 Å². The third kappa shape index (κ3) is 5.08. The molecule has 2 N–H and O–H groups in total. The highest BCUT2D eigenvalue weighted by molar-refractivity contribution is 7.98.